The number of hydrogen-bond acceptors (Lipinski definition) is 4. The molecular weight excluding hydrogens is 284 g/mol. The third kappa shape index (κ3) is 2.76. The fourth-order valence-corrected chi connectivity index (χ4v) is 2.33. The quantitative estimate of drug-likeness (QED) is 0.925. The molecule has 2 aromatic carbocycles. The molecule has 1 heterocycles. The van der Waals surface area contributed by atoms with Crippen LogP contribution in [0.4, 0.5) is 0 Å². The Kier molecular flexibility index (Phi) is 3.62. The summed E-state index contributed by atoms with van der Waals surface area (Å²) in [5.74, 6) is 1.41. The number of halogens is 1. The maximum absolute atomic E-state index is 6.21. The van der Waals surface area contributed by atoms with E-state index in [-0.39, 0.29) is 0 Å². The Morgan fingerprint density at radius 3 is 2.38 bits per heavy atom. The van der Waals surface area contributed by atoms with Crippen LogP contribution in [-0.4, -0.2) is 23.7 Å². The second-order valence-electron chi connectivity index (χ2n) is 4.89. The molecule has 0 atom stereocenters. The topological polar surface area (TPSA) is 40.0 Å². The van der Waals surface area contributed by atoms with Crippen molar-refractivity contribution in [2.45, 2.75) is 6.92 Å². The third-order valence-corrected chi connectivity index (χ3v) is 3.61. The molecule has 0 spiro atoms. The lowest BCUT2D eigenvalue weighted by Gasteiger charge is -2.26. The Bertz CT molecular complexity index is 719. The fraction of sp³-hybridized carbons (Fsp3) is 0.125. The lowest BCUT2D eigenvalue weighted by atomic mass is 10.1. The zero-order valence-corrected chi connectivity index (χ0v) is 12.6. The first-order valence-electron chi connectivity index (χ1n) is 6.63. The fourth-order valence-electron chi connectivity index (χ4n) is 2.11. The number of amidine groups is 2. The van der Waals surface area contributed by atoms with E-state index in [0.29, 0.717) is 16.7 Å². The van der Waals surface area contributed by atoms with Crippen molar-refractivity contribution in [1.29, 1.82) is 0 Å². The van der Waals surface area contributed by atoms with Crippen molar-refractivity contribution >= 4 is 23.3 Å². The summed E-state index contributed by atoms with van der Waals surface area (Å²) in [6, 6.07) is 15.7. The van der Waals surface area contributed by atoms with Crippen molar-refractivity contribution in [3.05, 3.63) is 70.2 Å². The Morgan fingerprint density at radius 1 is 1.00 bits per heavy atom. The van der Waals surface area contributed by atoms with Gasteiger partial charge in [-0.2, -0.15) is 0 Å². The van der Waals surface area contributed by atoms with E-state index >= 15 is 0 Å². The molecule has 1 N–H and O–H groups in total. The Morgan fingerprint density at radius 2 is 1.71 bits per heavy atom. The lowest BCUT2D eigenvalue weighted by Crippen LogP contribution is -2.46. The monoisotopic (exact) mass is 298 g/mol. The van der Waals surface area contributed by atoms with Gasteiger partial charge in [0.15, 0.2) is 11.7 Å². The van der Waals surface area contributed by atoms with Gasteiger partial charge in [-0.25, -0.2) is 0 Å². The van der Waals surface area contributed by atoms with Gasteiger partial charge in [-0.05, 0) is 19.1 Å². The van der Waals surface area contributed by atoms with Crippen LogP contribution in [-0.2, 0) is 0 Å². The first-order chi connectivity index (χ1) is 10.1. The van der Waals surface area contributed by atoms with Gasteiger partial charge >= 0.3 is 0 Å². The molecule has 0 radical (unpaired) electrons. The second kappa shape index (κ2) is 5.58. The van der Waals surface area contributed by atoms with E-state index in [0.717, 1.165) is 11.1 Å². The summed E-state index contributed by atoms with van der Waals surface area (Å²) in [7, 11) is 1.89. The van der Waals surface area contributed by atoms with Crippen LogP contribution in [0.25, 0.3) is 0 Å². The highest BCUT2D eigenvalue weighted by atomic mass is 35.5. The molecule has 21 heavy (non-hydrogen) atoms. The number of benzene rings is 2. The summed E-state index contributed by atoms with van der Waals surface area (Å²) in [6.45, 7) is 2.06. The molecular formula is C16H15ClN4. The van der Waals surface area contributed by atoms with Crippen molar-refractivity contribution in [2.75, 3.05) is 7.05 Å². The zero-order chi connectivity index (χ0) is 14.8. The standard InChI is InChI=1S/C16H15ClN4/c1-11-7-9-12(10-8-11)15-18-19-16(21(2)20-15)13-5-3-4-6-14(13)17/h3-10H,1-2H3,(H,18,20). The number of hydrogen-bond donors (Lipinski definition) is 1. The van der Waals surface area contributed by atoms with Crippen LogP contribution in [0.1, 0.15) is 16.7 Å². The average molecular weight is 299 g/mol. The van der Waals surface area contributed by atoms with Crippen LogP contribution in [0.5, 0.6) is 0 Å². The van der Waals surface area contributed by atoms with Gasteiger partial charge in [0.25, 0.3) is 0 Å². The minimum Gasteiger partial charge on any atom is -0.279 e. The van der Waals surface area contributed by atoms with Crippen LogP contribution in [0, 0.1) is 6.92 Å². The van der Waals surface area contributed by atoms with Gasteiger partial charge in [0.2, 0.25) is 0 Å². The molecule has 106 valence electrons. The number of hydrazine groups is 1. The summed E-state index contributed by atoms with van der Waals surface area (Å²) < 4.78 is 0. The van der Waals surface area contributed by atoms with Gasteiger partial charge in [-0.1, -0.05) is 53.6 Å². The zero-order valence-electron chi connectivity index (χ0n) is 11.8. The van der Waals surface area contributed by atoms with Gasteiger partial charge in [0, 0.05) is 18.2 Å². The minimum absolute atomic E-state index is 0.652. The van der Waals surface area contributed by atoms with Crippen molar-refractivity contribution in [2.24, 2.45) is 10.2 Å². The summed E-state index contributed by atoms with van der Waals surface area (Å²) >= 11 is 6.21. The minimum atomic E-state index is 0.652. The molecule has 0 amide bonds. The third-order valence-electron chi connectivity index (χ3n) is 3.28. The SMILES string of the molecule is Cc1ccc(C2=NN=C(c3ccccc3Cl)N(C)N2)cc1. The van der Waals surface area contributed by atoms with E-state index in [1.165, 1.54) is 5.56 Å². The molecule has 0 unspecified atom stereocenters. The number of aryl methyl sites for hydroxylation is 1. The molecule has 1 aliphatic heterocycles. The predicted octanol–water partition coefficient (Wildman–Crippen LogP) is 3.21. The van der Waals surface area contributed by atoms with E-state index in [1.807, 2.05) is 60.6 Å². The number of nitrogens with one attached hydrogen (secondary N) is 1. The van der Waals surface area contributed by atoms with Gasteiger partial charge in [-0.15, -0.1) is 10.2 Å². The molecule has 0 fully saturated rings. The maximum Gasteiger partial charge on any atom is 0.178 e. The summed E-state index contributed by atoms with van der Waals surface area (Å²) in [5, 5.41) is 11.1. The van der Waals surface area contributed by atoms with Gasteiger partial charge in [0.1, 0.15) is 0 Å². The first kappa shape index (κ1) is 13.6. The van der Waals surface area contributed by atoms with Crippen LogP contribution in [0.3, 0.4) is 0 Å². The van der Waals surface area contributed by atoms with E-state index in [1.54, 1.807) is 0 Å². The summed E-state index contributed by atoms with van der Waals surface area (Å²) in [5.41, 5.74) is 6.28. The smallest absolute Gasteiger partial charge is 0.178 e. The Labute approximate surface area is 128 Å². The molecule has 0 aromatic heterocycles. The van der Waals surface area contributed by atoms with Crippen molar-refractivity contribution < 1.29 is 0 Å². The van der Waals surface area contributed by atoms with Crippen LogP contribution in [0.15, 0.2) is 58.7 Å². The molecule has 0 bridgehead atoms. The molecule has 1 aliphatic rings. The van der Waals surface area contributed by atoms with Crippen molar-refractivity contribution in [3.8, 4) is 0 Å². The van der Waals surface area contributed by atoms with E-state index in [4.69, 9.17) is 11.6 Å². The van der Waals surface area contributed by atoms with Crippen molar-refractivity contribution in [1.82, 2.24) is 10.4 Å². The van der Waals surface area contributed by atoms with Crippen LogP contribution < -0.4 is 5.43 Å². The summed E-state index contributed by atoms with van der Waals surface area (Å²) in [6.07, 6.45) is 0. The summed E-state index contributed by atoms with van der Waals surface area (Å²) in [4.78, 5) is 0. The predicted molar refractivity (Wildman–Crippen MR) is 86.6 cm³/mol. The second-order valence-corrected chi connectivity index (χ2v) is 5.30. The maximum atomic E-state index is 6.21. The largest absolute Gasteiger partial charge is 0.279 e. The average Bonchev–Trinajstić information content (AvgIpc) is 2.49. The van der Waals surface area contributed by atoms with Gasteiger partial charge in [-0.3, -0.25) is 10.4 Å². The Balaban J connectivity index is 1.96. The van der Waals surface area contributed by atoms with Crippen molar-refractivity contribution in [3.63, 3.8) is 0 Å². The van der Waals surface area contributed by atoms with Gasteiger partial charge < -0.3 is 0 Å². The molecule has 0 saturated heterocycles. The van der Waals surface area contributed by atoms with Crippen LogP contribution in [0.2, 0.25) is 5.02 Å². The first-order valence-corrected chi connectivity index (χ1v) is 7.01. The molecule has 5 heteroatoms. The van der Waals surface area contributed by atoms with E-state index in [2.05, 4.69) is 22.6 Å². The van der Waals surface area contributed by atoms with E-state index in [9.17, 15) is 0 Å². The number of rotatable bonds is 2. The lowest BCUT2D eigenvalue weighted by molar-refractivity contribution is 0.447. The molecule has 2 aromatic rings. The number of nitrogens with zero attached hydrogens (tertiary/aromatic N) is 3. The molecule has 3 rings (SSSR count). The molecule has 0 saturated carbocycles. The molecule has 4 nitrogen and oxygen atoms in total. The highest BCUT2D eigenvalue weighted by molar-refractivity contribution is 6.34. The molecule has 0 aliphatic carbocycles. The van der Waals surface area contributed by atoms with E-state index < -0.39 is 0 Å². The normalized spacial score (nSPS) is 14.3. The van der Waals surface area contributed by atoms with Gasteiger partial charge in [0.05, 0.1) is 5.02 Å². The highest BCUT2D eigenvalue weighted by Gasteiger charge is 2.18. The Hall–Kier alpha value is -2.33. The van der Waals surface area contributed by atoms with Crippen LogP contribution >= 0.6 is 11.6 Å². The highest BCUT2D eigenvalue weighted by Crippen LogP contribution is 2.18.